The largest absolute Gasteiger partial charge is 0.508 e. The van der Waals surface area contributed by atoms with Gasteiger partial charge in [-0.05, 0) is 36.5 Å². The smallest absolute Gasteiger partial charge is 0.257 e. The minimum atomic E-state index is -1.88. The van der Waals surface area contributed by atoms with Crippen LogP contribution in [0.25, 0.3) is 0 Å². The Morgan fingerprint density at radius 3 is 2.45 bits per heavy atom. The van der Waals surface area contributed by atoms with E-state index in [2.05, 4.69) is 0 Å². The Hall–Kier alpha value is -2.42. The van der Waals surface area contributed by atoms with Gasteiger partial charge in [-0.15, -0.1) is 23.2 Å². The molecule has 31 heavy (non-hydrogen) atoms. The summed E-state index contributed by atoms with van der Waals surface area (Å²) in [6.07, 6.45) is 1.79. The summed E-state index contributed by atoms with van der Waals surface area (Å²) in [4.78, 5) is 48.6. The van der Waals surface area contributed by atoms with Gasteiger partial charge in [-0.25, -0.2) is 0 Å². The molecular weight excluding hydrogens is 447 g/mol. The second-order valence-corrected chi connectivity index (χ2v) is 9.82. The third-order valence-corrected chi connectivity index (χ3v) is 8.61. The SMILES string of the molecule is CN1C(=O)[C@]2(Cl)C[C@@H]3C(=CC[C@@H]4C(=O)N(O)C(=O)[C@@H]43)[C@H](c3cccc(O)c3)[C@]2(Cl)C1=O. The molecular formula is C21H18Cl2N2O6. The van der Waals surface area contributed by atoms with Crippen molar-refractivity contribution in [2.45, 2.75) is 28.5 Å². The number of rotatable bonds is 1. The molecule has 3 fully saturated rings. The molecule has 10 heteroatoms. The molecule has 2 aliphatic carbocycles. The number of hydrogen-bond acceptors (Lipinski definition) is 6. The zero-order valence-electron chi connectivity index (χ0n) is 16.3. The van der Waals surface area contributed by atoms with Crippen molar-refractivity contribution in [3.05, 3.63) is 41.5 Å². The predicted molar refractivity (Wildman–Crippen MR) is 107 cm³/mol. The molecule has 4 aliphatic rings. The van der Waals surface area contributed by atoms with Gasteiger partial charge in [0.25, 0.3) is 23.6 Å². The van der Waals surface area contributed by atoms with Crippen LogP contribution >= 0.6 is 23.2 Å². The first-order valence-electron chi connectivity index (χ1n) is 9.80. The van der Waals surface area contributed by atoms with Gasteiger partial charge < -0.3 is 5.11 Å². The summed E-state index contributed by atoms with van der Waals surface area (Å²) in [5.41, 5.74) is 1.06. The molecule has 1 saturated carbocycles. The summed E-state index contributed by atoms with van der Waals surface area (Å²) in [6.45, 7) is 0. The number of aromatic hydroxyl groups is 1. The van der Waals surface area contributed by atoms with E-state index in [4.69, 9.17) is 23.2 Å². The predicted octanol–water partition coefficient (Wildman–Crippen LogP) is 1.77. The van der Waals surface area contributed by atoms with Crippen molar-refractivity contribution >= 4 is 46.8 Å². The van der Waals surface area contributed by atoms with Gasteiger partial charge in [0.05, 0.1) is 11.8 Å². The molecule has 1 aromatic rings. The van der Waals surface area contributed by atoms with Crippen molar-refractivity contribution in [1.29, 1.82) is 0 Å². The normalized spacial score (nSPS) is 39.4. The average Bonchev–Trinajstić information content (AvgIpc) is 3.03. The summed E-state index contributed by atoms with van der Waals surface area (Å²) in [6, 6.07) is 6.15. The van der Waals surface area contributed by atoms with Crippen LogP contribution in [0.3, 0.4) is 0 Å². The number of amides is 4. The van der Waals surface area contributed by atoms with E-state index in [1.807, 2.05) is 0 Å². The van der Waals surface area contributed by atoms with Crippen LogP contribution in [-0.4, -0.2) is 60.7 Å². The molecule has 0 bridgehead atoms. The van der Waals surface area contributed by atoms with Gasteiger partial charge in [-0.1, -0.05) is 23.8 Å². The molecule has 0 unspecified atom stereocenters. The number of nitrogens with zero attached hydrogens (tertiary/aromatic N) is 2. The summed E-state index contributed by atoms with van der Waals surface area (Å²) in [5.74, 6) is -6.16. The summed E-state index contributed by atoms with van der Waals surface area (Å²) in [5, 5.41) is 20.1. The standard InChI is InChI=1S/C21H18Cl2N2O6/c1-24-18(29)20(22)8-13-11(5-6-12-14(13)17(28)25(31)16(12)27)15(21(20,23)19(24)30)9-3-2-4-10(26)7-9/h2-5,7,12-15,26,31H,6,8H2,1H3/t12-,13+,14-,15-,20+,21-/m0/s1. The molecule has 4 amide bonds. The molecule has 162 valence electrons. The van der Waals surface area contributed by atoms with Crippen LogP contribution in [0, 0.1) is 17.8 Å². The second kappa shape index (κ2) is 6.31. The molecule has 5 rings (SSSR count). The van der Waals surface area contributed by atoms with E-state index in [9.17, 15) is 29.5 Å². The third-order valence-electron chi connectivity index (χ3n) is 7.19. The van der Waals surface area contributed by atoms with Gasteiger partial charge in [0, 0.05) is 13.0 Å². The highest BCUT2D eigenvalue weighted by atomic mass is 35.5. The molecule has 2 saturated heterocycles. The molecule has 0 radical (unpaired) electrons. The number of hydroxylamine groups is 2. The van der Waals surface area contributed by atoms with Crippen molar-refractivity contribution in [1.82, 2.24) is 9.96 Å². The van der Waals surface area contributed by atoms with Gasteiger partial charge in [0.1, 0.15) is 5.75 Å². The van der Waals surface area contributed by atoms with Crippen molar-refractivity contribution in [2.75, 3.05) is 7.05 Å². The molecule has 2 heterocycles. The summed E-state index contributed by atoms with van der Waals surface area (Å²) >= 11 is 13.8. The highest BCUT2D eigenvalue weighted by molar-refractivity contribution is 6.53. The fraction of sp³-hybridized carbons (Fsp3) is 0.429. The molecule has 8 nitrogen and oxygen atoms in total. The van der Waals surface area contributed by atoms with Crippen molar-refractivity contribution in [2.24, 2.45) is 17.8 Å². The number of imide groups is 2. The van der Waals surface area contributed by atoms with Crippen molar-refractivity contribution < 1.29 is 29.5 Å². The Balaban J connectivity index is 1.76. The first kappa shape index (κ1) is 20.5. The number of phenols is 1. The highest BCUT2D eigenvalue weighted by Gasteiger charge is 2.75. The number of hydrogen-bond donors (Lipinski definition) is 2. The summed E-state index contributed by atoms with van der Waals surface area (Å²) in [7, 11) is 1.30. The Labute approximate surface area is 187 Å². The van der Waals surface area contributed by atoms with Gasteiger partial charge in [0.2, 0.25) is 0 Å². The van der Waals surface area contributed by atoms with Crippen molar-refractivity contribution in [3.63, 3.8) is 0 Å². The number of phenolic OH excluding ortho intramolecular Hbond substituents is 1. The van der Waals surface area contributed by atoms with Crippen LogP contribution in [0.5, 0.6) is 5.75 Å². The van der Waals surface area contributed by atoms with Crippen LogP contribution in [0.15, 0.2) is 35.9 Å². The molecule has 2 N–H and O–H groups in total. The van der Waals surface area contributed by atoms with Crippen molar-refractivity contribution in [3.8, 4) is 5.75 Å². The average molecular weight is 465 g/mol. The summed E-state index contributed by atoms with van der Waals surface area (Å²) < 4.78 is 0. The van der Waals surface area contributed by atoms with Gasteiger partial charge in [-0.2, -0.15) is 5.06 Å². The fourth-order valence-electron chi connectivity index (χ4n) is 5.81. The van der Waals surface area contributed by atoms with E-state index < -0.39 is 57.0 Å². The van der Waals surface area contributed by atoms with Gasteiger partial charge >= 0.3 is 0 Å². The lowest BCUT2D eigenvalue weighted by atomic mass is 9.56. The molecule has 2 aliphatic heterocycles. The van der Waals surface area contributed by atoms with E-state index in [1.165, 1.54) is 19.2 Å². The number of carbonyl (C=O) groups excluding carboxylic acids is 4. The molecule has 6 atom stereocenters. The van der Waals surface area contributed by atoms with Crippen LogP contribution in [0.2, 0.25) is 0 Å². The third kappa shape index (κ3) is 2.30. The van der Waals surface area contributed by atoms with E-state index in [1.54, 1.807) is 18.2 Å². The van der Waals surface area contributed by atoms with E-state index in [-0.39, 0.29) is 23.7 Å². The second-order valence-electron chi connectivity index (χ2n) is 8.58. The minimum Gasteiger partial charge on any atom is -0.508 e. The fourth-order valence-corrected chi connectivity index (χ4v) is 6.83. The Morgan fingerprint density at radius 2 is 1.77 bits per heavy atom. The lowest BCUT2D eigenvalue weighted by molar-refractivity contribution is -0.173. The minimum absolute atomic E-state index is 0.0619. The van der Waals surface area contributed by atoms with Crippen LogP contribution < -0.4 is 0 Å². The monoisotopic (exact) mass is 464 g/mol. The van der Waals surface area contributed by atoms with E-state index in [0.717, 1.165) is 4.90 Å². The quantitative estimate of drug-likeness (QED) is 0.283. The number of halogens is 2. The van der Waals surface area contributed by atoms with Gasteiger partial charge in [0.15, 0.2) is 9.75 Å². The number of likely N-dealkylation sites (tertiary alicyclic amines) is 1. The van der Waals surface area contributed by atoms with E-state index >= 15 is 0 Å². The van der Waals surface area contributed by atoms with Crippen LogP contribution in [0.4, 0.5) is 0 Å². The highest BCUT2D eigenvalue weighted by Crippen LogP contribution is 2.65. The molecule has 0 spiro atoms. The maximum absolute atomic E-state index is 13.2. The first-order chi connectivity index (χ1) is 14.5. The number of alkyl halides is 2. The first-order valence-corrected chi connectivity index (χ1v) is 10.6. The van der Waals surface area contributed by atoms with E-state index in [0.29, 0.717) is 11.1 Å². The number of allylic oxidation sites excluding steroid dienone is 2. The zero-order valence-corrected chi connectivity index (χ0v) is 17.8. The Kier molecular flexibility index (Phi) is 4.17. The Morgan fingerprint density at radius 1 is 1.06 bits per heavy atom. The Bertz CT molecular complexity index is 1110. The lowest BCUT2D eigenvalue weighted by Gasteiger charge is -2.50. The topological polar surface area (TPSA) is 115 Å². The van der Waals surface area contributed by atoms with Crippen LogP contribution in [-0.2, 0) is 19.2 Å². The maximum atomic E-state index is 13.2. The number of benzene rings is 1. The van der Waals surface area contributed by atoms with Crippen LogP contribution in [0.1, 0.15) is 24.3 Å². The lowest BCUT2D eigenvalue weighted by Crippen LogP contribution is -2.60. The number of carbonyl (C=O) groups is 4. The maximum Gasteiger partial charge on any atom is 0.257 e. The molecule has 1 aromatic carbocycles. The van der Waals surface area contributed by atoms with Gasteiger partial charge in [-0.3, -0.25) is 29.3 Å². The zero-order chi connectivity index (χ0) is 22.5. The number of fused-ring (bicyclic) bond motifs is 4. The molecule has 0 aromatic heterocycles.